The number of amides is 1. The van der Waals surface area contributed by atoms with Crippen LogP contribution in [0.25, 0.3) is 0 Å². The zero-order chi connectivity index (χ0) is 22.8. The van der Waals surface area contributed by atoms with Gasteiger partial charge in [-0.25, -0.2) is 10.2 Å². The Bertz CT molecular complexity index is 1160. The molecule has 0 unspecified atom stereocenters. The number of aromatic nitrogens is 1. The lowest BCUT2D eigenvalue weighted by Gasteiger charge is -2.09. The van der Waals surface area contributed by atoms with Crippen LogP contribution >= 0.6 is 0 Å². The number of benzene rings is 2. The highest BCUT2D eigenvalue weighted by atomic mass is 16.6. The fraction of sp³-hybridized carbons (Fsp3) is 0.0870. The van der Waals surface area contributed by atoms with Gasteiger partial charge in [0.05, 0.1) is 30.5 Å². The summed E-state index contributed by atoms with van der Waals surface area (Å²) >= 11 is 0. The number of carbonyl (C=O) groups excluding carboxylic acids is 2. The highest BCUT2D eigenvalue weighted by molar-refractivity contribution is 5.91. The van der Waals surface area contributed by atoms with Gasteiger partial charge >= 0.3 is 5.97 Å². The summed E-state index contributed by atoms with van der Waals surface area (Å²) in [5.41, 5.74) is 3.77. The number of hydrogen-bond donors (Lipinski definition) is 1. The number of methoxy groups -OCH3 is 1. The number of carbonyl (C=O) groups is 2. The molecule has 1 N–H and O–H groups in total. The van der Waals surface area contributed by atoms with Crippen LogP contribution in [0.15, 0.2) is 72.1 Å². The summed E-state index contributed by atoms with van der Waals surface area (Å²) in [6, 6.07) is 16.4. The Hall–Kier alpha value is -4.71. The molecule has 0 bridgehead atoms. The largest absolute Gasteiger partial charge is 0.493 e. The molecular formula is C23H18N4O5. The Morgan fingerprint density at radius 2 is 1.97 bits per heavy atom. The fourth-order valence-electron chi connectivity index (χ4n) is 2.48. The third-order valence-electron chi connectivity index (χ3n) is 4.04. The van der Waals surface area contributed by atoms with Gasteiger partial charge in [0.15, 0.2) is 18.1 Å². The maximum Gasteiger partial charge on any atom is 0.345 e. The summed E-state index contributed by atoms with van der Waals surface area (Å²) in [6.45, 7) is -0.240. The fourth-order valence-corrected chi connectivity index (χ4v) is 2.48. The first-order chi connectivity index (χ1) is 15.6. The molecule has 0 fully saturated rings. The Morgan fingerprint density at radius 3 is 2.66 bits per heavy atom. The molecule has 1 aromatic heterocycles. The van der Waals surface area contributed by atoms with E-state index in [-0.39, 0.29) is 12.4 Å². The molecule has 0 spiro atoms. The number of nitrogens with zero attached hydrogens (tertiary/aromatic N) is 3. The smallest absolute Gasteiger partial charge is 0.345 e. The average Bonchev–Trinajstić information content (AvgIpc) is 2.84. The Morgan fingerprint density at radius 1 is 1.16 bits per heavy atom. The predicted molar refractivity (Wildman–Crippen MR) is 115 cm³/mol. The predicted octanol–water partition coefficient (Wildman–Crippen LogP) is 2.71. The van der Waals surface area contributed by atoms with E-state index in [1.54, 1.807) is 60.8 Å². The van der Waals surface area contributed by atoms with E-state index in [1.807, 2.05) is 6.07 Å². The molecule has 160 valence electrons. The molecule has 9 nitrogen and oxygen atoms in total. The molecule has 3 aromatic rings. The summed E-state index contributed by atoms with van der Waals surface area (Å²) < 4.78 is 16.0. The van der Waals surface area contributed by atoms with Crippen LogP contribution in [0.5, 0.6) is 17.2 Å². The lowest BCUT2D eigenvalue weighted by atomic mass is 10.2. The van der Waals surface area contributed by atoms with Crippen molar-refractivity contribution in [1.82, 2.24) is 10.4 Å². The molecular weight excluding hydrogens is 412 g/mol. The molecule has 0 aliphatic carbocycles. The van der Waals surface area contributed by atoms with Crippen LogP contribution in [0.3, 0.4) is 0 Å². The minimum Gasteiger partial charge on any atom is -0.493 e. The third-order valence-corrected chi connectivity index (χ3v) is 4.04. The highest BCUT2D eigenvalue weighted by Gasteiger charge is 2.13. The van der Waals surface area contributed by atoms with E-state index in [2.05, 4.69) is 15.5 Å². The second-order valence-corrected chi connectivity index (χ2v) is 6.26. The summed E-state index contributed by atoms with van der Waals surface area (Å²) in [5.74, 6) is -0.00348. The van der Waals surface area contributed by atoms with Crippen molar-refractivity contribution in [2.45, 2.75) is 0 Å². The van der Waals surface area contributed by atoms with E-state index < -0.39 is 11.9 Å². The molecule has 0 aliphatic heterocycles. The molecule has 0 radical (unpaired) electrons. The molecule has 0 saturated heterocycles. The van der Waals surface area contributed by atoms with Crippen molar-refractivity contribution in [3.8, 4) is 23.3 Å². The van der Waals surface area contributed by atoms with Crippen molar-refractivity contribution in [2.75, 3.05) is 13.7 Å². The van der Waals surface area contributed by atoms with Gasteiger partial charge in [-0.15, -0.1) is 0 Å². The second-order valence-electron chi connectivity index (χ2n) is 6.26. The van der Waals surface area contributed by atoms with Crippen molar-refractivity contribution in [2.24, 2.45) is 5.10 Å². The van der Waals surface area contributed by atoms with Crippen LogP contribution in [0, 0.1) is 11.3 Å². The summed E-state index contributed by atoms with van der Waals surface area (Å²) in [4.78, 5) is 28.0. The first-order valence-electron chi connectivity index (χ1n) is 9.34. The van der Waals surface area contributed by atoms with Gasteiger partial charge in [-0.1, -0.05) is 0 Å². The summed E-state index contributed by atoms with van der Waals surface area (Å²) in [6.07, 6.45) is 4.38. The quantitative estimate of drug-likeness (QED) is 0.252. The zero-order valence-corrected chi connectivity index (χ0v) is 17.0. The molecule has 0 atom stereocenters. The third kappa shape index (κ3) is 6.14. The first-order valence-corrected chi connectivity index (χ1v) is 9.34. The molecule has 9 heteroatoms. The number of hydrazone groups is 1. The Labute approximate surface area is 183 Å². The van der Waals surface area contributed by atoms with E-state index in [4.69, 9.17) is 19.5 Å². The number of nitrogens with one attached hydrogen (secondary N) is 1. The minimum atomic E-state index is -0.563. The molecule has 1 amide bonds. The van der Waals surface area contributed by atoms with Crippen LogP contribution in [0.1, 0.15) is 21.5 Å². The van der Waals surface area contributed by atoms with Crippen molar-refractivity contribution < 1.29 is 23.8 Å². The number of pyridine rings is 1. The van der Waals surface area contributed by atoms with E-state index in [9.17, 15) is 9.59 Å². The van der Waals surface area contributed by atoms with E-state index in [0.29, 0.717) is 28.2 Å². The topological polar surface area (TPSA) is 123 Å². The number of rotatable bonds is 8. The van der Waals surface area contributed by atoms with E-state index in [0.717, 1.165) is 0 Å². The van der Waals surface area contributed by atoms with Crippen LogP contribution in [0.2, 0.25) is 0 Å². The maximum absolute atomic E-state index is 12.2. The monoisotopic (exact) mass is 430 g/mol. The number of hydrogen-bond acceptors (Lipinski definition) is 8. The summed E-state index contributed by atoms with van der Waals surface area (Å²) in [5, 5.41) is 12.6. The Kier molecular flexibility index (Phi) is 7.48. The first kappa shape index (κ1) is 22.0. The number of ether oxygens (including phenoxy) is 3. The zero-order valence-electron chi connectivity index (χ0n) is 17.0. The molecule has 32 heavy (non-hydrogen) atoms. The van der Waals surface area contributed by atoms with Crippen molar-refractivity contribution in [3.63, 3.8) is 0 Å². The molecule has 1 heterocycles. The van der Waals surface area contributed by atoms with Crippen LogP contribution < -0.4 is 19.6 Å². The number of nitriles is 1. The standard InChI is InChI=1S/C23H18N4O5/c1-30-21-11-17(6-9-20(21)32-23(29)18-3-2-10-25-14-18)13-26-27-22(28)15-31-19-7-4-16(12-24)5-8-19/h2-11,13-14H,15H2,1H3,(H,27,28)/b26-13+. The maximum atomic E-state index is 12.2. The lowest BCUT2D eigenvalue weighted by Crippen LogP contribution is -2.24. The highest BCUT2D eigenvalue weighted by Crippen LogP contribution is 2.28. The lowest BCUT2D eigenvalue weighted by molar-refractivity contribution is -0.123. The van der Waals surface area contributed by atoms with E-state index in [1.165, 1.54) is 19.5 Å². The second kappa shape index (κ2) is 10.9. The molecule has 2 aromatic carbocycles. The minimum absolute atomic E-state index is 0.235. The van der Waals surface area contributed by atoms with Crippen LogP contribution in [0.4, 0.5) is 0 Å². The van der Waals surface area contributed by atoms with Crippen LogP contribution in [-0.4, -0.2) is 36.8 Å². The molecule has 3 rings (SSSR count). The van der Waals surface area contributed by atoms with E-state index >= 15 is 0 Å². The van der Waals surface area contributed by atoms with Gasteiger partial charge in [0.25, 0.3) is 5.91 Å². The van der Waals surface area contributed by atoms with Gasteiger partial charge in [0, 0.05) is 12.4 Å². The van der Waals surface area contributed by atoms with Gasteiger partial charge in [0.1, 0.15) is 5.75 Å². The van der Waals surface area contributed by atoms with Gasteiger partial charge in [-0.3, -0.25) is 9.78 Å². The average molecular weight is 430 g/mol. The summed E-state index contributed by atoms with van der Waals surface area (Å²) in [7, 11) is 1.44. The molecule has 0 saturated carbocycles. The van der Waals surface area contributed by atoms with Gasteiger partial charge < -0.3 is 14.2 Å². The normalized spacial score (nSPS) is 10.2. The van der Waals surface area contributed by atoms with Crippen molar-refractivity contribution in [3.05, 3.63) is 83.7 Å². The SMILES string of the molecule is COc1cc(/C=N/NC(=O)COc2ccc(C#N)cc2)ccc1OC(=O)c1cccnc1. The van der Waals surface area contributed by atoms with Gasteiger partial charge in [0.2, 0.25) is 0 Å². The van der Waals surface area contributed by atoms with Gasteiger partial charge in [-0.2, -0.15) is 10.4 Å². The molecule has 0 aliphatic rings. The van der Waals surface area contributed by atoms with Gasteiger partial charge in [-0.05, 0) is 60.2 Å². The van der Waals surface area contributed by atoms with Crippen molar-refractivity contribution in [1.29, 1.82) is 5.26 Å². The van der Waals surface area contributed by atoms with Crippen LogP contribution in [-0.2, 0) is 4.79 Å². The Balaban J connectivity index is 1.54. The number of esters is 1. The van der Waals surface area contributed by atoms with Crippen molar-refractivity contribution >= 4 is 18.1 Å².